The first kappa shape index (κ1) is 20.0. The van der Waals surface area contributed by atoms with E-state index in [-0.39, 0.29) is 17.5 Å². The van der Waals surface area contributed by atoms with Crippen molar-refractivity contribution in [2.45, 2.75) is 31.5 Å². The Bertz CT molecular complexity index is 821. The second kappa shape index (κ2) is 8.12. The molecule has 1 saturated heterocycles. The summed E-state index contributed by atoms with van der Waals surface area (Å²) in [6.07, 6.45) is -3.64. The fourth-order valence-electron chi connectivity index (χ4n) is 3.58. The molecule has 2 amide bonds. The van der Waals surface area contributed by atoms with Crippen molar-refractivity contribution in [3.8, 4) is 5.75 Å². The maximum absolute atomic E-state index is 13.2. The molecule has 2 aromatic carbocycles. The average Bonchev–Trinajstić information content (AvgIpc) is 3.17. The fraction of sp³-hybridized carbons (Fsp3) is 0.381. The Labute approximate surface area is 162 Å². The number of ether oxygens (including phenoxy) is 1. The second-order valence-electron chi connectivity index (χ2n) is 6.96. The van der Waals surface area contributed by atoms with Crippen LogP contribution in [-0.4, -0.2) is 31.1 Å². The molecule has 0 saturated carbocycles. The molecule has 4 nitrogen and oxygen atoms in total. The van der Waals surface area contributed by atoms with Crippen LogP contribution >= 0.6 is 0 Å². The molecule has 2 aromatic rings. The summed E-state index contributed by atoms with van der Waals surface area (Å²) in [6, 6.07) is 12.0. The minimum Gasteiger partial charge on any atom is -0.497 e. The normalized spacial score (nSPS) is 18.0. The first-order valence-electron chi connectivity index (χ1n) is 9.15. The summed E-state index contributed by atoms with van der Waals surface area (Å²) >= 11 is 0. The number of amides is 2. The van der Waals surface area contributed by atoms with E-state index in [0.717, 1.165) is 23.8 Å². The van der Waals surface area contributed by atoms with Crippen molar-refractivity contribution in [3.63, 3.8) is 0 Å². The Kier molecular flexibility index (Phi) is 5.82. The van der Waals surface area contributed by atoms with Crippen LogP contribution in [-0.2, 0) is 6.18 Å². The lowest BCUT2D eigenvalue weighted by Gasteiger charge is -2.23. The molecule has 0 aliphatic carbocycles. The standard InChI is InChI=1S/C21H23F3N2O2/c1-14(18-5-3-4-6-19(18)21(22,23)24)25-20(27)26-12-11-16(13-26)15-7-9-17(28-2)10-8-15/h3-10,14,16H,11-13H2,1-2H3,(H,25,27). The van der Waals surface area contributed by atoms with E-state index in [1.54, 1.807) is 25.0 Å². The molecule has 28 heavy (non-hydrogen) atoms. The van der Waals surface area contributed by atoms with E-state index in [1.165, 1.54) is 12.1 Å². The Balaban J connectivity index is 1.64. The third-order valence-electron chi connectivity index (χ3n) is 5.14. The molecule has 0 spiro atoms. The van der Waals surface area contributed by atoms with Gasteiger partial charge in [-0.2, -0.15) is 13.2 Å². The van der Waals surface area contributed by atoms with E-state index in [4.69, 9.17) is 4.74 Å². The molecular formula is C21H23F3N2O2. The van der Waals surface area contributed by atoms with Gasteiger partial charge in [0.25, 0.3) is 0 Å². The molecule has 150 valence electrons. The summed E-state index contributed by atoms with van der Waals surface area (Å²) < 4.78 is 44.8. The van der Waals surface area contributed by atoms with E-state index >= 15 is 0 Å². The zero-order chi connectivity index (χ0) is 20.3. The van der Waals surface area contributed by atoms with Crippen LogP contribution in [0.5, 0.6) is 5.75 Å². The highest BCUT2D eigenvalue weighted by Gasteiger charge is 2.35. The number of carbonyl (C=O) groups is 1. The van der Waals surface area contributed by atoms with Crippen molar-refractivity contribution in [2.75, 3.05) is 20.2 Å². The number of nitrogens with zero attached hydrogens (tertiary/aromatic N) is 1. The highest BCUT2D eigenvalue weighted by Crippen LogP contribution is 2.34. The van der Waals surface area contributed by atoms with Gasteiger partial charge in [-0.25, -0.2) is 4.79 Å². The number of methoxy groups -OCH3 is 1. The van der Waals surface area contributed by atoms with E-state index < -0.39 is 17.8 Å². The molecule has 2 unspecified atom stereocenters. The zero-order valence-corrected chi connectivity index (χ0v) is 15.8. The lowest BCUT2D eigenvalue weighted by atomic mass is 9.98. The summed E-state index contributed by atoms with van der Waals surface area (Å²) in [6.45, 7) is 2.67. The molecule has 1 heterocycles. The Morgan fingerprint density at radius 1 is 1.18 bits per heavy atom. The van der Waals surface area contributed by atoms with Gasteiger partial charge in [-0.05, 0) is 42.7 Å². The maximum atomic E-state index is 13.2. The number of hydrogen-bond donors (Lipinski definition) is 1. The maximum Gasteiger partial charge on any atom is 0.416 e. The number of halogens is 3. The molecule has 1 fully saturated rings. The van der Waals surface area contributed by atoms with Gasteiger partial charge in [0.1, 0.15) is 5.75 Å². The Morgan fingerprint density at radius 2 is 1.86 bits per heavy atom. The van der Waals surface area contributed by atoms with Gasteiger partial charge < -0.3 is 15.0 Å². The van der Waals surface area contributed by atoms with Crippen LogP contribution in [0.4, 0.5) is 18.0 Å². The van der Waals surface area contributed by atoms with Gasteiger partial charge in [0, 0.05) is 19.0 Å². The van der Waals surface area contributed by atoms with E-state index in [1.807, 2.05) is 24.3 Å². The largest absolute Gasteiger partial charge is 0.497 e. The summed E-state index contributed by atoms with van der Waals surface area (Å²) in [4.78, 5) is 14.2. The molecule has 7 heteroatoms. The van der Waals surface area contributed by atoms with Crippen LogP contribution in [0, 0.1) is 0 Å². The molecule has 3 rings (SSSR count). The van der Waals surface area contributed by atoms with E-state index in [0.29, 0.717) is 13.1 Å². The number of rotatable bonds is 4. The highest BCUT2D eigenvalue weighted by molar-refractivity contribution is 5.75. The summed E-state index contributed by atoms with van der Waals surface area (Å²) in [5.74, 6) is 0.975. The highest BCUT2D eigenvalue weighted by atomic mass is 19.4. The van der Waals surface area contributed by atoms with E-state index in [9.17, 15) is 18.0 Å². The lowest BCUT2D eigenvalue weighted by Crippen LogP contribution is -2.40. The summed E-state index contributed by atoms with van der Waals surface area (Å²) in [7, 11) is 1.61. The van der Waals surface area contributed by atoms with Gasteiger partial charge in [0.05, 0.1) is 18.7 Å². The average molecular weight is 392 g/mol. The SMILES string of the molecule is COc1ccc(C2CCN(C(=O)NC(C)c3ccccc3C(F)(F)F)C2)cc1. The Hall–Kier alpha value is -2.70. The van der Waals surface area contributed by atoms with Crippen LogP contribution in [0.25, 0.3) is 0 Å². The molecule has 1 N–H and O–H groups in total. The van der Waals surface area contributed by atoms with Crippen molar-refractivity contribution in [3.05, 3.63) is 65.2 Å². The molecule has 0 bridgehead atoms. The zero-order valence-electron chi connectivity index (χ0n) is 15.8. The van der Waals surface area contributed by atoms with Crippen molar-refractivity contribution in [1.82, 2.24) is 10.2 Å². The monoisotopic (exact) mass is 392 g/mol. The minimum absolute atomic E-state index is 0.0641. The first-order chi connectivity index (χ1) is 13.3. The Morgan fingerprint density at radius 3 is 2.50 bits per heavy atom. The van der Waals surface area contributed by atoms with Crippen LogP contribution in [0.1, 0.15) is 42.0 Å². The van der Waals surface area contributed by atoms with E-state index in [2.05, 4.69) is 5.32 Å². The molecule has 1 aliphatic rings. The number of hydrogen-bond acceptors (Lipinski definition) is 2. The van der Waals surface area contributed by atoms with Gasteiger partial charge in [-0.3, -0.25) is 0 Å². The fourth-order valence-corrected chi connectivity index (χ4v) is 3.58. The summed E-state index contributed by atoms with van der Waals surface area (Å²) in [5, 5.41) is 2.71. The smallest absolute Gasteiger partial charge is 0.416 e. The number of alkyl halides is 3. The topological polar surface area (TPSA) is 41.6 Å². The van der Waals surface area contributed by atoms with Crippen LogP contribution in [0.2, 0.25) is 0 Å². The predicted octanol–water partition coefficient (Wildman–Crippen LogP) is 4.97. The number of urea groups is 1. The first-order valence-corrected chi connectivity index (χ1v) is 9.15. The van der Waals surface area contributed by atoms with Crippen molar-refractivity contribution < 1.29 is 22.7 Å². The van der Waals surface area contributed by atoms with Crippen molar-refractivity contribution >= 4 is 6.03 Å². The van der Waals surface area contributed by atoms with Crippen LogP contribution < -0.4 is 10.1 Å². The summed E-state index contributed by atoms with van der Waals surface area (Å²) in [5.41, 5.74) is 0.459. The second-order valence-corrected chi connectivity index (χ2v) is 6.96. The van der Waals surface area contributed by atoms with Gasteiger partial charge in [0.2, 0.25) is 0 Å². The predicted molar refractivity (Wildman–Crippen MR) is 100 cm³/mol. The number of carbonyl (C=O) groups excluding carboxylic acids is 1. The minimum atomic E-state index is -4.46. The third kappa shape index (κ3) is 4.40. The quantitative estimate of drug-likeness (QED) is 0.798. The van der Waals surface area contributed by atoms with Crippen LogP contribution in [0.3, 0.4) is 0 Å². The van der Waals surface area contributed by atoms with Crippen LogP contribution in [0.15, 0.2) is 48.5 Å². The molecule has 0 radical (unpaired) electrons. The van der Waals surface area contributed by atoms with Gasteiger partial charge >= 0.3 is 12.2 Å². The molecular weight excluding hydrogens is 369 g/mol. The molecule has 0 aromatic heterocycles. The van der Waals surface area contributed by atoms with Gasteiger partial charge in [-0.15, -0.1) is 0 Å². The van der Waals surface area contributed by atoms with Gasteiger partial charge in [-0.1, -0.05) is 30.3 Å². The third-order valence-corrected chi connectivity index (χ3v) is 5.14. The van der Waals surface area contributed by atoms with Gasteiger partial charge in [0.15, 0.2) is 0 Å². The number of nitrogens with one attached hydrogen (secondary N) is 1. The molecule has 1 aliphatic heterocycles. The lowest BCUT2D eigenvalue weighted by molar-refractivity contribution is -0.138. The molecule has 2 atom stereocenters. The van der Waals surface area contributed by atoms with Crippen molar-refractivity contribution in [2.24, 2.45) is 0 Å². The van der Waals surface area contributed by atoms with Crippen molar-refractivity contribution in [1.29, 1.82) is 0 Å². The number of benzene rings is 2. The number of likely N-dealkylation sites (tertiary alicyclic amines) is 1.